The first-order valence-corrected chi connectivity index (χ1v) is 46.1. The van der Waals surface area contributed by atoms with Gasteiger partial charge in [-0.15, -0.1) is 0 Å². The molecule has 81 heteroatoms. The zero-order valence-electron chi connectivity index (χ0n) is 51.8. The summed E-state index contributed by atoms with van der Waals surface area (Å²) in [6, 6.07) is 0. The molecule has 5 fully saturated rings. The van der Waals surface area contributed by atoms with Gasteiger partial charge in [-0.2, -0.15) is 101 Å². The summed E-state index contributed by atoms with van der Waals surface area (Å²) in [4.78, 5) is 0. The Labute approximate surface area is 629 Å². The van der Waals surface area contributed by atoms with Crippen LogP contribution in [0.5, 0.6) is 0 Å². The topological polar surface area (TPSA) is 994 Å². The second kappa shape index (κ2) is 38.8. The van der Waals surface area contributed by atoms with Gasteiger partial charge in [-0.25, -0.2) is 62.8 Å². The maximum atomic E-state index is 12.5. The van der Waals surface area contributed by atoms with Gasteiger partial charge in [0, 0.05) is 6.42 Å². The fourth-order valence-electron chi connectivity index (χ4n) is 9.83. The molecule has 5 aliphatic heterocycles. The van der Waals surface area contributed by atoms with Crippen molar-refractivity contribution in [2.45, 2.75) is 148 Å². The molecule has 5 aliphatic rings. The highest BCUT2D eigenvalue weighted by Gasteiger charge is 2.60. The third-order valence-electron chi connectivity index (χ3n) is 13.0. The molecule has 26 atom stereocenters. The third kappa shape index (κ3) is 36.0. The second-order valence-electron chi connectivity index (χ2n) is 20.7. The summed E-state index contributed by atoms with van der Waals surface area (Å²) in [5.74, 6) is 0. The molecule has 12 N–H and O–H groups in total. The Hall–Kier alpha value is -1.71. The fraction of sp³-hybridized carbons (Fsp3) is 1.00. The van der Waals surface area contributed by atoms with E-state index in [-0.39, 0.29) is 0 Å². The van der Waals surface area contributed by atoms with Crippen LogP contribution in [-0.4, -0.2) is 363 Å². The molecule has 5 rings (SSSR count). The molecule has 5 heterocycles. The quantitative estimate of drug-likeness (QED) is 0.0199. The highest BCUT2D eigenvalue weighted by atomic mass is 32.3. The van der Waals surface area contributed by atoms with Gasteiger partial charge in [-0.05, 0) is 0 Å². The molecule has 66 nitrogen and oxygen atoms in total. The molecule has 111 heavy (non-hydrogen) atoms. The highest BCUT2D eigenvalue weighted by molar-refractivity contribution is 7.83. The van der Waals surface area contributed by atoms with E-state index in [0.29, 0.717) is 0 Å². The summed E-state index contributed by atoms with van der Waals surface area (Å²) in [6.07, 6.45) is -71.7. The molecule has 0 aromatic carbocycles. The molecule has 0 aromatic heterocycles. The summed E-state index contributed by atoms with van der Waals surface area (Å²) in [5, 5.41) is 0. The van der Waals surface area contributed by atoms with Crippen molar-refractivity contribution in [1.29, 1.82) is 0 Å². The standard InChI is InChI=1S/C30H52O66S15/c31-97(32)77-6-14-19(90-105(52,53)54)22(93-108(61,62)63)25(95-110(67,68)69)30(82-14)76-5-13-18(89-104(49,50)51)21(92-107(58,59)60)24(85-99(35)36)28(81-13)75-4-12-17(88-103(46,47)48)16(87-102(43,44)45)11(79-12)3-73-27-9(86-101(40,41)42)1-8(84-98(33)34)10(80-27)2-74-29-26(96-111(70,71)72)23(94-109(64,65)66)20(91-106(55,56)57)15(83-29)7-78-100(37,38)39/h8-30H,1-7H2,(H,31,32)(H,33,34)(H,35,36)(H,37,38,39)(H,40,41,42)(H,43,44,45)(H,46,47,48)(H,49,50,51)(H,52,53,54)(H,55,56,57)(H,58,59,60)(H,61,62,63)(H,64,65,66)(H,67,68,69)(H,70,71,72)/p-3/t8-,9+,10+,11+,12+,13+,14+,15+,16+,17+,18+,19+,20+,21-,22-,23-,24+,25+,26+,27+,28+,29+,30+/m0/s1. The lowest BCUT2D eigenvalue weighted by Gasteiger charge is -2.46. The van der Waals surface area contributed by atoms with Gasteiger partial charge in [0.15, 0.2) is 43.5 Å². The van der Waals surface area contributed by atoms with Crippen molar-refractivity contribution in [1.82, 2.24) is 0 Å². The molecule has 0 aromatic rings. The van der Waals surface area contributed by atoms with Gasteiger partial charge in [-0.3, -0.25) is 67.2 Å². The van der Waals surface area contributed by atoms with E-state index in [0.717, 1.165) is 0 Å². The minimum absolute atomic E-state index is 1.49. The lowest BCUT2D eigenvalue weighted by atomic mass is 9.98. The van der Waals surface area contributed by atoms with E-state index in [1.807, 2.05) is 0 Å². The molecule has 0 radical (unpaired) electrons. The lowest BCUT2D eigenvalue weighted by molar-refractivity contribution is -0.320. The average Bonchev–Trinajstić information content (AvgIpc) is 0.944. The van der Waals surface area contributed by atoms with Crippen LogP contribution in [0, 0.1) is 0 Å². The SMILES string of the molecule is O=S([O-])OC[C@H]1O[C@@H](OC[C@H]2O[C@@H](OC[C@H]3O[C@H](CO[C@@H]4O[C@H](CO[C@@H]5O[C@H](COS(=O)(=O)O)[C@@H](OS(=O)(=O)O)[C@H](OS(=O)(=O)O)[C@H]5OS(=O)(=O)O)[C@@H](OS(=O)[O-])C[C@H]4OS(=O)(=O)O)[C@@H](OS(=O)(=O)O)[C@@H]3OS(=O)(=O)O)[C@H](OS(=O)[O-])[C@@H](OS(=O)(=O)O)[C@@H]2OS(=O)(=O)O)[C@H](OS(=O)(=O)O)[C@@H](OS(=O)(=O)O)[C@@H]1OS(=O)(=O)O. The minimum atomic E-state index is -6.39. The third-order valence-corrected chi connectivity index (χ3v) is 19.7. The predicted molar refractivity (Wildman–Crippen MR) is 312 cm³/mol. The Bertz CT molecular complexity index is 4720. The van der Waals surface area contributed by atoms with Gasteiger partial charge in [0.05, 0.1) is 73.7 Å². The largest absolute Gasteiger partial charge is 0.750 e. The summed E-state index contributed by atoms with van der Waals surface area (Å²) in [5.41, 5.74) is 0. The van der Waals surface area contributed by atoms with E-state index >= 15 is 0 Å². The van der Waals surface area contributed by atoms with Gasteiger partial charge in [0.1, 0.15) is 97.7 Å². The maximum Gasteiger partial charge on any atom is 0.397 e. The van der Waals surface area contributed by atoms with Crippen LogP contribution >= 0.6 is 0 Å². The zero-order valence-corrected chi connectivity index (χ0v) is 64.0. The number of ether oxygens (including phenoxy) is 9. The molecule has 0 spiro atoms. The molecule has 0 aliphatic carbocycles. The Morgan fingerprint density at radius 2 is 0.495 bits per heavy atom. The van der Waals surface area contributed by atoms with Crippen molar-refractivity contribution in [2.24, 2.45) is 0 Å². The first-order valence-electron chi connectivity index (χ1n) is 26.7. The Morgan fingerprint density at radius 3 is 0.802 bits per heavy atom. The number of rotatable bonds is 44. The summed E-state index contributed by atoms with van der Waals surface area (Å²) in [6.45, 7) is -11.3. The van der Waals surface area contributed by atoms with E-state index in [9.17, 15) is 182 Å². The van der Waals surface area contributed by atoms with E-state index in [1.54, 1.807) is 0 Å². The molecule has 0 saturated carbocycles. The summed E-state index contributed by atoms with van der Waals surface area (Å²) in [7, 11) is -74.2. The monoisotopic (exact) mass is 1940 g/mol. The van der Waals surface area contributed by atoms with Crippen LogP contribution in [-0.2, 0) is 264 Å². The van der Waals surface area contributed by atoms with Crippen molar-refractivity contribution < 1.29 is 287 Å². The second-order valence-corrected chi connectivity index (χ2v) is 35.2. The van der Waals surface area contributed by atoms with Crippen LogP contribution in [0.15, 0.2) is 0 Å². The molecule has 0 amide bonds. The van der Waals surface area contributed by atoms with Crippen LogP contribution in [0.25, 0.3) is 0 Å². The zero-order chi connectivity index (χ0) is 84.9. The van der Waals surface area contributed by atoms with Gasteiger partial charge in [0.25, 0.3) is 0 Å². The predicted octanol–water partition coefficient (Wildman–Crippen LogP) is -12.8. The van der Waals surface area contributed by atoms with Crippen molar-refractivity contribution in [3.63, 3.8) is 0 Å². The number of hydrogen-bond donors (Lipinski definition) is 12. The minimum Gasteiger partial charge on any atom is -0.750 e. The summed E-state index contributed by atoms with van der Waals surface area (Å²) >= 11 is -12.0. The Kier molecular flexibility index (Phi) is 34.9. The van der Waals surface area contributed by atoms with Crippen LogP contribution in [0.3, 0.4) is 0 Å². The fourth-order valence-corrected chi connectivity index (χ4v) is 16.7. The van der Waals surface area contributed by atoms with Crippen molar-refractivity contribution in [2.75, 3.05) is 39.6 Å². The van der Waals surface area contributed by atoms with Crippen LogP contribution < -0.4 is 0 Å². The van der Waals surface area contributed by atoms with E-state index in [1.165, 1.54) is 0 Å². The van der Waals surface area contributed by atoms with Crippen LogP contribution in [0.1, 0.15) is 6.42 Å². The van der Waals surface area contributed by atoms with Gasteiger partial charge in [-0.1, -0.05) is 0 Å². The molecular formula is C30H49O66S15-3. The summed E-state index contributed by atoms with van der Waals surface area (Å²) < 4.78 is 591. The van der Waals surface area contributed by atoms with Crippen molar-refractivity contribution in [3.8, 4) is 0 Å². The van der Waals surface area contributed by atoms with E-state index < -0.39 is 346 Å². The Balaban J connectivity index is 1.62. The van der Waals surface area contributed by atoms with Crippen molar-refractivity contribution >= 4 is 159 Å². The Morgan fingerprint density at radius 1 is 0.252 bits per heavy atom. The maximum absolute atomic E-state index is 12.5. The normalized spacial score (nSPS) is 33.9. The molecular weight excluding hydrogens is 1900 g/mol. The molecule has 3 unspecified atom stereocenters. The van der Waals surface area contributed by atoms with Crippen LogP contribution in [0.2, 0.25) is 0 Å². The van der Waals surface area contributed by atoms with E-state index in [2.05, 4.69) is 62.7 Å². The van der Waals surface area contributed by atoms with E-state index in [4.69, 9.17) is 42.6 Å². The molecule has 5 saturated heterocycles. The van der Waals surface area contributed by atoms with Gasteiger partial charge < -0.3 is 56.3 Å². The van der Waals surface area contributed by atoms with Gasteiger partial charge >= 0.3 is 125 Å². The first-order chi connectivity index (χ1) is 49.9. The molecule has 0 bridgehead atoms. The smallest absolute Gasteiger partial charge is 0.397 e. The van der Waals surface area contributed by atoms with Gasteiger partial charge in [0.2, 0.25) is 0 Å². The van der Waals surface area contributed by atoms with Crippen LogP contribution in [0.4, 0.5) is 0 Å². The molecule has 658 valence electrons. The van der Waals surface area contributed by atoms with Crippen molar-refractivity contribution in [3.05, 3.63) is 0 Å². The first kappa shape index (κ1) is 99.9. The highest BCUT2D eigenvalue weighted by Crippen LogP contribution is 2.39. The number of hydrogen-bond acceptors (Lipinski definition) is 54. The average molecular weight is 1950 g/mol. The lowest BCUT2D eigenvalue weighted by Crippen LogP contribution is -2.65.